The van der Waals surface area contributed by atoms with Crippen molar-refractivity contribution in [3.63, 3.8) is 0 Å². The molecule has 1 heterocycles. The zero-order chi connectivity index (χ0) is 14.0. The fourth-order valence-electron chi connectivity index (χ4n) is 1.91. The zero-order valence-corrected chi connectivity index (χ0v) is 12.4. The van der Waals surface area contributed by atoms with Gasteiger partial charge in [-0.25, -0.2) is 4.98 Å². The van der Waals surface area contributed by atoms with Gasteiger partial charge in [-0.05, 0) is 29.7 Å². The van der Waals surface area contributed by atoms with Crippen LogP contribution in [0.15, 0.2) is 23.6 Å². The van der Waals surface area contributed by atoms with Crippen LogP contribution >= 0.6 is 11.3 Å². The average Bonchev–Trinajstić information content (AvgIpc) is 2.87. The predicted octanol–water partition coefficient (Wildman–Crippen LogP) is 4.14. The van der Waals surface area contributed by atoms with Gasteiger partial charge in [0.05, 0.1) is 12.8 Å². The molecule has 0 aliphatic carbocycles. The number of benzene rings is 1. The molecule has 0 spiro atoms. The molecule has 19 heavy (non-hydrogen) atoms. The Morgan fingerprint density at radius 2 is 2.11 bits per heavy atom. The molecule has 0 aliphatic heterocycles. The van der Waals surface area contributed by atoms with E-state index in [1.54, 1.807) is 7.11 Å². The third kappa shape index (κ3) is 2.84. The molecule has 0 amide bonds. The molecule has 2 aromatic rings. The Morgan fingerprint density at radius 1 is 1.37 bits per heavy atom. The van der Waals surface area contributed by atoms with Crippen LogP contribution in [0.2, 0.25) is 0 Å². The summed E-state index contributed by atoms with van der Waals surface area (Å²) in [5.41, 5.74) is 3.02. The van der Waals surface area contributed by atoms with E-state index in [4.69, 9.17) is 4.74 Å². The van der Waals surface area contributed by atoms with Gasteiger partial charge in [-0.3, -0.25) is 4.79 Å². The number of ether oxygens (including phenoxy) is 1. The maximum atomic E-state index is 11.3. The van der Waals surface area contributed by atoms with Gasteiger partial charge in [0.25, 0.3) is 0 Å². The van der Waals surface area contributed by atoms with Crippen molar-refractivity contribution in [1.82, 2.24) is 4.98 Å². The Balaban J connectivity index is 2.44. The lowest BCUT2D eigenvalue weighted by Crippen LogP contribution is -1.95. The van der Waals surface area contributed by atoms with E-state index in [-0.39, 0.29) is 5.78 Å². The number of nitrogens with zero attached hydrogens (tertiary/aromatic N) is 1. The van der Waals surface area contributed by atoms with Crippen LogP contribution < -0.4 is 4.74 Å². The molecule has 0 bridgehead atoms. The fraction of sp³-hybridized carbons (Fsp3) is 0.333. The summed E-state index contributed by atoms with van der Waals surface area (Å²) in [6.45, 7) is 5.80. The summed E-state index contributed by atoms with van der Waals surface area (Å²) in [6, 6.07) is 6.02. The van der Waals surface area contributed by atoms with Gasteiger partial charge in [-0.15, -0.1) is 11.3 Å². The van der Waals surface area contributed by atoms with Crippen molar-refractivity contribution >= 4 is 17.1 Å². The molecule has 0 fully saturated rings. The number of hydrogen-bond acceptors (Lipinski definition) is 4. The van der Waals surface area contributed by atoms with Crippen molar-refractivity contribution in [2.75, 3.05) is 7.11 Å². The molecule has 0 radical (unpaired) electrons. The molecule has 3 nitrogen and oxygen atoms in total. The first-order chi connectivity index (χ1) is 9.02. The Labute approximate surface area is 117 Å². The second-order valence-electron chi connectivity index (χ2n) is 4.71. The number of thiazole rings is 1. The quantitative estimate of drug-likeness (QED) is 0.787. The maximum Gasteiger partial charge on any atom is 0.188 e. The van der Waals surface area contributed by atoms with Gasteiger partial charge in [-0.2, -0.15) is 0 Å². The molecule has 0 saturated heterocycles. The number of hydrogen-bond donors (Lipinski definition) is 0. The number of ketones is 1. The van der Waals surface area contributed by atoms with Crippen LogP contribution in [0.4, 0.5) is 0 Å². The van der Waals surface area contributed by atoms with E-state index in [9.17, 15) is 4.79 Å². The minimum Gasteiger partial charge on any atom is -0.496 e. The molecule has 2 rings (SSSR count). The van der Waals surface area contributed by atoms with E-state index in [1.807, 2.05) is 17.5 Å². The van der Waals surface area contributed by atoms with Crippen LogP contribution in [0.5, 0.6) is 5.75 Å². The van der Waals surface area contributed by atoms with Crippen LogP contribution in [-0.4, -0.2) is 17.9 Å². The molecule has 0 atom stereocenters. The van der Waals surface area contributed by atoms with Crippen LogP contribution in [0, 0.1) is 0 Å². The molecule has 4 heteroatoms. The van der Waals surface area contributed by atoms with Crippen molar-refractivity contribution < 1.29 is 9.53 Å². The van der Waals surface area contributed by atoms with E-state index in [1.165, 1.54) is 18.3 Å². The first-order valence-electron chi connectivity index (χ1n) is 6.17. The maximum absolute atomic E-state index is 11.3. The fourth-order valence-corrected chi connectivity index (χ4v) is 2.64. The molecule has 1 aromatic heterocycles. The third-order valence-electron chi connectivity index (χ3n) is 2.95. The summed E-state index contributed by atoms with van der Waals surface area (Å²) in [5, 5.41) is 2.47. The highest BCUT2D eigenvalue weighted by atomic mass is 32.1. The van der Waals surface area contributed by atoms with Gasteiger partial charge >= 0.3 is 0 Å². The second kappa shape index (κ2) is 5.53. The number of carbonyl (C=O) groups excluding carboxylic acids is 1. The van der Waals surface area contributed by atoms with E-state index in [0.717, 1.165) is 22.6 Å². The summed E-state index contributed by atoms with van der Waals surface area (Å²) >= 11 is 1.38. The van der Waals surface area contributed by atoms with Gasteiger partial charge in [0.1, 0.15) is 5.75 Å². The minimum absolute atomic E-state index is 0.00819. The van der Waals surface area contributed by atoms with Crippen molar-refractivity contribution in [2.24, 2.45) is 0 Å². The monoisotopic (exact) mass is 275 g/mol. The normalized spacial score (nSPS) is 10.8. The Morgan fingerprint density at radius 3 is 2.63 bits per heavy atom. The van der Waals surface area contributed by atoms with Gasteiger partial charge < -0.3 is 4.74 Å². The summed E-state index contributed by atoms with van der Waals surface area (Å²) < 4.78 is 5.37. The lowest BCUT2D eigenvalue weighted by Gasteiger charge is -2.12. The Hall–Kier alpha value is -1.68. The molecule has 100 valence electrons. The Kier molecular flexibility index (Phi) is 4.00. The summed E-state index contributed by atoms with van der Waals surface area (Å²) in [4.78, 5) is 15.7. The number of Topliss-reactive ketones (excluding diaryl/α,β-unsaturated/α-hetero) is 1. The highest BCUT2D eigenvalue weighted by Gasteiger charge is 2.12. The number of methoxy groups -OCH3 is 1. The van der Waals surface area contributed by atoms with E-state index < -0.39 is 0 Å². The van der Waals surface area contributed by atoms with Crippen LogP contribution in [0.1, 0.15) is 42.1 Å². The van der Waals surface area contributed by atoms with Crippen molar-refractivity contribution in [3.05, 3.63) is 34.2 Å². The minimum atomic E-state index is 0.00819. The average molecular weight is 275 g/mol. The van der Waals surface area contributed by atoms with Gasteiger partial charge in [-0.1, -0.05) is 13.8 Å². The molecule has 0 N–H and O–H groups in total. The second-order valence-corrected chi connectivity index (χ2v) is 5.56. The molecule has 0 unspecified atom stereocenters. The van der Waals surface area contributed by atoms with Crippen LogP contribution in [0.3, 0.4) is 0 Å². The molecule has 0 saturated carbocycles. The van der Waals surface area contributed by atoms with Crippen LogP contribution in [-0.2, 0) is 0 Å². The zero-order valence-electron chi connectivity index (χ0n) is 11.6. The summed E-state index contributed by atoms with van der Waals surface area (Å²) in [6.07, 6.45) is 0. The van der Waals surface area contributed by atoms with E-state index >= 15 is 0 Å². The van der Waals surface area contributed by atoms with E-state index in [0.29, 0.717) is 10.9 Å². The summed E-state index contributed by atoms with van der Waals surface area (Å²) in [7, 11) is 1.68. The third-order valence-corrected chi connectivity index (χ3v) is 3.90. The lowest BCUT2D eigenvalue weighted by molar-refractivity contribution is 0.101. The van der Waals surface area contributed by atoms with Crippen molar-refractivity contribution in [1.29, 1.82) is 0 Å². The number of carbonyl (C=O) groups is 1. The topological polar surface area (TPSA) is 39.2 Å². The van der Waals surface area contributed by atoms with Gasteiger partial charge in [0, 0.05) is 17.9 Å². The molecular formula is C15H17NO2S. The molecule has 1 aromatic carbocycles. The number of rotatable bonds is 4. The predicted molar refractivity (Wildman–Crippen MR) is 78.2 cm³/mol. The molecular weight excluding hydrogens is 258 g/mol. The van der Waals surface area contributed by atoms with Crippen molar-refractivity contribution in [2.45, 2.75) is 26.7 Å². The molecule has 0 aliphatic rings. The standard InChI is InChI=1S/C15H17NO2S/c1-9(2)12-7-11(5-6-14(12)18-4)13-8-19-15(16-13)10(3)17/h5-9H,1-4H3. The highest BCUT2D eigenvalue weighted by molar-refractivity contribution is 7.12. The van der Waals surface area contributed by atoms with Crippen LogP contribution in [0.25, 0.3) is 11.3 Å². The van der Waals surface area contributed by atoms with Gasteiger partial charge in [0.2, 0.25) is 0 Å². The largest absolute Gasteiger partial charge is 0.496 e. The smallest absolute Gasteiger partial charge is 0.188 e. The lowest BCUT2D eigenvalue weighted by atomic mass is 9.98. The highest BCUT2D eigenvalue weighted by Crippen LogP contribution is 2.31. The van der Waals surface area contributed by atoms with Gasteiger partial charge in [0.15, 0.2) is 10.8 Å². The van der Waals surface area contributed by atoms with Crippen molar-refractivity contribution in [3.8, 4) is 17.0 Å². The first-order valence-corrected chi connectivity index (χ1v) is 7.05. The van der Waals surface area contributed by atoms with E-state index in [2.05, 4.69) is 24.9 Å². The summed E-state index contributed by atoms with van der Waals surface area (Å²) in [5.74, 6) is 1.27. The SMILES string of the molecule is COc1ccc(-c2csc(C(C)=O)n2)cc1C(C)C. The first kappa shape index (κ1) is 13.7. The Bertz CT molecular complexity index is 602. The number of aromatic nitrogens is 1.